The third-order valence-corrected chi connectivity index (χ3v) is 5.15. The first-order valence-electron chi connectivity index (χ1n) is 8.27. The van der Waals surface area contributed by atoms with E-state index in [-0.39, 0.29) is 11.8 Å². The molecule has 1 aliphatic rings. The molecule has 0 radical (unpaired) electrons. The average molecular weight is 380 g/mol. The molecule has 1 aliphatic carbocycles. The van der Waals surface area contributed by atoms with E-state index < -0.39 is 26.7 Å². The van der Waals surface area contributed by atoms with Crippen molar-refractivity contribution in [1.29, 1.82) is 0 Å². The van der Waals surface area contributed by atoms with Crippen LogP contribution in [-0.4, -0.2) is 27.7 Å². The molecule has 1 saturated carbocycles. The van der Waals surface area contributed by atoms with Crippen LogP contribution in [0.3, 0.4) is 0 Å². The highest BCUT2D eigenvalue weighted by atomic mass is 32.2. The van der Waals surface area contributed by atoms with Gasteiger partial charge in [0.05, 0.1) is 23.2 Å². The average Bonchev–Trinajstić information content (AvgIpc) is 2.78. The van der Waals surface area contributed by atoms with Crippen LogP contribution in [-0.2, 0) is 20.9 Å². The first-order chi connectivity index (χ1) is 11.7. The molecule has 0 spiro atoms. The largest absolute Gasteiger partial charge is 0.417 e. The van der Waals surface area contributed by atoms with Gasteiger partial charge in [-0.3, -0.25) is 0 Å². The van der Waals surface area contributed by atoms with Crippen LogP contribution >= 0.6 is 0 Å². The molecule has 0 amide bonds. The Balaban J connectivity index is 1.96. The second-order valence-electron chi connectivity index (χ2n) is 6.16. The van der Waals surface area contributed by atoms with Gasteiger partial charge in [-0.2, -0.15) is 13.2 Å². The molecule has 1 fully saturated rings. The number of hydrogen-bond acceptors (Lipinski definition) is 4. The lowest BCUT2D eigenvalue weighted by Gasteiger charge is -2.17. The molecule has 0 heterocycles. The molecule has 2 rings (SSSR count). The molecule has 0 aromatic heterocycles. The number of benzene rings is 1. The van der Waals surface area contributed by atoms with E-state index in [4.69, 9.17) is 9.88 Å². The van der Waals surface area contributed by atoms with Crippen LogP contribution in [0.5, 0.6) is 0 Å². The summed E-state index contributed by atoms with van der Waals surface area (Å²) in [6.45, 7) is 0.714. The zero-order valence-corrected chi connectivity index (χ0v) is 14.6. The summed E-state index contributed by atoms with van der Waals surface area (Å²) in [5.74, 6) is 0. The van der Waals surface area contributed by atoms with Gasteiger partial charge in [0.15, 0.2) is 0 Å². The van der Waals surface area contributed by atoms with Crippen LogP contribution in [0.2, 0.25) is 0 Å². The first-order valence-corrected chi connectivity index (χ1v) is 9.82. The van der Waals surface area contributed by atoms with E-state index in [1.807, 2.05) is 0 Å². The van der Waals surface area contributed by atoms with Crippen molar-refractivity contribution < 1.29 is 26.3 Å². The monoisotopic (exact) mass is 380 g/mol. The van der Waals surface area contributed by atoms with E-state index >= 15 is 0 Å². The van der Waals surface area contributed by atoms with Gasteiger partial charge in [-0.1, -0.05) is 25.7 Å². The molecular weight excluding hydrogens is 357 g/mol. The second-order valence-corrected chi connectivity index (χ2v) is 7.69. The Morgan fingerprint density at radius 3 is 2.36 bits per heavy atom. The Bertz CT molecular complexity index is 670. The lowest BCUT2D eigenvalue weighted by Crippen LogP contribution is -2.20. The maximum Gasteiger partial charge on any atom is 0.417 e. The van der Waals surface area contributed by atoms with E-state index in [2.05, 4.69) is 5.32 Å². The molecule has 25 heavy (non-hydrogen) atoms. The second kappa shape index (κ2) is 8.37. The maximum absolute atomic E-state index is 13.1. The van der Waals surface area contributed by atoms with Crippen molar-refractivity contribution in [3.05, 3.63) is 23.8 Å². The van der Waals surface area contributed by atoms with Crippen molar-refractivity contribution in [2.45, 2.75) is 55.7 Å². The minimum atomic E-state index is -4.81. The number of ether oxygens (including phenoxy) is 1. The number of alkyl halides is 3. The fourth-order valence-corrected chi connectivity index (χ4v) is 3.68. The third-order valence-electron chi connectivity index (χ3n) is 4.18. The van der Waals surface area contributed by atoms with Crippen molar-refractivity contribution in [2.75, 3.05) is 18.5 Å². The minimum absolute atomic E-state index is 0.171. The number of anilines is 1. The molecule has 9 heteroatoms. The van der Waals surface area contributed by atoms with Gasteiger partial charge in [-0.05, 0) is 31.0 Å². The fourth-order valence-electron chi connectivity index (χ4n) is 2.94. The van der Waals surface area contributed by atoms with Crippen LogP contribution in [0.4, 0.5) is 18.9 Å². The zero-order valence-electron chi connectivity index (χ0n) is 13.8. The van der Waals surface area contributed by atoms with Gasteiger partial charge in [0.25, 0.3) is 0 Å². The van der Waals surface area contributed by atoms with E-state index in [1.165, 1.54) is 18.9 Å². The van der Waals surface area contributed by atoms with Gasteiger partial charge < -0.3 is 10.1 Å². The standard InChI is InChI=1S/C16H23F3N2O3S/c17-16(18,19)14-11-12(7-8-15(14)25(20,22)23)21-9-10-24-13-5-3-1-2-4-6-13/h7-8,11,13,21H,1-6,9-10H2,(H2,20,22,23). The van der Waals surface area contributed by atoms with Gasteiger partial charge in [0.2, 0.25) is 10.0 Å². The van der Waals surface area contributed by atoms with Crippen LogP contribution in [0.1, 0.15) is 44.1 Å². The van der Waals surface area contributed by atoms with Gasteiger partial charge in [0, 0.05) is 12.2 Å². The van der Waals surface area contributed by atoms with Crippen molar-refractivity contribution >= 4 is 15.7 Å². The lowest BCUT2D eigenvalue weighted by atomic mass is 10.1. The van der Waals surface area contributed by atoms with Gasteiger partial charge in [-0.15, -0.1) is 0 Å². The van der Waals surface area contributed by atoms with Crippen molar-refractivity contribution in [1.82, 2.24) is 0 Å². The van der Waals surface area contributed by atoms with Crippen molar-refractivity contribution in [3.8, 4) is 0 Å². The molecule has 0 atom stereocenters. The number of halogens is 3. The molecule has 0 unspecified atom stereocenters. The van der Waals surface area contributed by atoms with E-state index in [9.17, 15) is 21.6 Å². The molecule has 1 aromatic rings. The normalized spacial score (nSPS) is 17.3. The smallest absolute Gasteiger partial charge is 0.383 e. The molecule has 0 aliphatic heterocycles. The Labute approximate surface area is 145 Å². The highest BCUT2D eigenvalue weighted by Gasteiger charge is 2.36. The summed E-state index contributed by atoms with van der Waals surface area (Å²) in [6, 6.07) is 2.89. The van der Waals surface area contributed by atoms with Crippen LogP contribution < -0.4 is 10.5 Å². The molecule has 142 valence electrons. The molecular formula is C16H23F3N2O3S. The highest BCUT2D eigenvalue weighted by molar-refractivity contribution is 7.89. The summed E-state index contributed by atoms with van der Waals surface area (Å²) in [7, 11) is -4.45. The number of hydrogen-bond donors (Lipinski definition) is 2. The number of rotatable bonds is 6. The van der Waals surface area contributed by atoms with Gasteiger partial charge >= 0.3 is 6.18 Å². The SMILES string of the molecule is NS(=O)(=O)c1ccc(NCCOC2CCCCCC2)cc1C(F)(F)F. The summed E-state index contributed by atoms with van der Waals surface area (Å²) in [6.07, 6.45) is 2.15. The molecule has 3 N–H and O–H groups in total. The van der Waals surface area contributed by atoms with Crippen molar-refractivity contribution in [2.24, 2.45) is 5.14 Å². The predicted molar refractivity (Wildman–Crippen MR) is 88.7 cm³/mol. The molecule has 1 aromatic carbocycles. The van der Waals surface area contributed by atoms with Crippen LogP contribution in [0.15, 0.2) is 23.1 Å². The molecule has 0 saturated heterocycles. The van der Waals surface area contributed by atoms with Gasteiger partial charge in [-0.25, -0.2) is 13.6 Å². The highest BCUT2D eigenvalue weighted by Crippen LogP contribution is 2.35. The quantitative estimate of drug-likeness (QED) is 0.585. The zero-order chi connectivity index (χ0) is 18.5. The number of primary sulfonamides is 1. The lowest BCUT2D eigenvalue weighted by molar-refractivity contribution is -0.139. The number of nitrogens with one attached hydrogen (secondary N) is 1. The third kappa shape index (κ3) is 6.16. The Hall–Kier alpha value is -1.32. The summed E-state index contributed by atoms with van der Waals surface area (Å²) in [5.41, 5.74) is -1.10. The minimum Gasteiger partial charge on any atom is -0.383 e. The number of nitrogens with two attached hydrogens (primary N) is 1. The maximum atomic E-state index is 13.1. The summed E-state index contributed by atoms with van der Waals surface area (Å²) in [5, 5.41) is 7.68. The van der Waals surface area contributed by atoms with Crippen molar-refractivity contribution in [3.63, 3.8) is 0 Å². The van der Waals surface area contributed by atoms with Crippen LogP contribution in [0, 0.1) is 0 Å². The summed E-state index contributed by atoms with van der Waals surface area (Å²) >= 11 is 0. The van der Waals surface area contributed by atoms with Gasteiger partial charge in [0.1, 0.15) is 0 Å². The van der Waals surface area contributed by atoms with E-state index in [0.29, 0.717) is 13.2 Å². The Morgan fingerprint density at radius 2 is 1.80 bits per heavy atom. The molecule has 5 nitrogen and oxygen atoms in total. The van der Waals surface area contributed by atoms with Crippen LogP contribution in [0.25, 0.3) is 0 Å². The predicted octanol–water partition coefficient (Wildman–Crippen LogP) is 3.50. The topological polar surface area (TPSA) is 81.4 Å². The first kappa shape index (κ1) is 20.0. The summed E-state index contributed by atoms with van der Waals surface area (Å²) in [4.78, 5) is -0.930. The number of sulfonamides is 1. The van der Waals surface area contributed by atoms with E-state index in [0.717, 1.165) is 37.8 Å². The Kier molecular flexibility index (Phi) is 6.70. The van der Waals surface area contributed by atoms with E-state index in [1.54, 1.807) is 0 Å². The fraction of sp³-hybridized carbons (Fsp3) is 0.625. The Morgan fingerprint density at radius 1 is 1.16 bits per heavy atom. The molecule has 0 bridgehead atoms. The summed E-state index contributed by atoms with van der Waals surface area (Å²) < 4.78 is 67.6.